The predicted molar refractivity (Wildman–Crippen MR) is 71.7 cm³/mol. The Labute approximate surface area is 99.5 Å². The fourth-order valence-corrected chi connectivity index (χ4v) is 3.32. The Morgan fingerprint density at radius 1 is 1.00 bits per heavy atom. The van der Waals surface area contributed by atoms with Crippen LogP contribution in [0.4, 0.5) is 5.69 Å². The molecule has 1 nitrogen and oxygen atoms in total. The highest BCUT2D eigenvalue weighted by molar-refractivity contribution is 5.69. The second kappa shape index (κ2) is 3.80. The van der Waals surface area contributed by atoms with E-state index >= 15 is 0 Å². The Kier molecular flexibility index (Phi) is 2.73. The van der Waals surface area contributed by atoms with E-state index in [1.54, 1.807) is 11.1 Å². The molecule has 0 unspecified atom stereocenters. The van der Waals surface area contributed by atoms with E-state index in [9.17, 15) is 0 Å². The average molecular weight is 217 g/mol. The van der Waals surface area contributed by atoms with Crippen molar-refractivity contribution in [2.75, 3.05) is 18.5 Å². The third-order valence-corrected chi connectivity index (χ3v) is 4.12. The van der Waals surface area contributed by atoms with Crippen LogP contribution in [0, 0.1) is 20.8 Å². The minimum absolute atomic E-state index is 0.623. The van der Waals surface area contributed by atoms with Gasteiger partial charge in [0.15, 0.2) is 0 Å². The zero-order chi connectivity index (χ0) is 12.0. The average Bonchev–Trinajstić information content (AvgIpc) is 2.57. The van der Waals surface area contributed by atoms with Crippen molar-refractivity contribution in [1.29, 1.82) is 0 Å². The first-order chi connectivity index (χ1) is 7.45. The van der Waals surface area contributed by atoms with Crippen LogP contribution in [0.3, 0.4) is 0 Å². The molecule has 0 aliphatic carbocycles. The third kappa shape index (κ3) is 1.45. The van der Waals surface area contributed by atoms with Gasteiger partial charge in [0, 0.05) is 19.3 Å². The van der Waals surface area contributed by atoms with Crippen molar-refractivity contribution in [1.82, 2.24) is 0 Å². The summed E-state index contributed by atoms with van der Waals surface area (Å²) >= 11 is 0. The summed E-state index contributed by atoms with van der Waals surface area (Å²) in [6.07, 6.45) is 1.22. The first-order valence-corrected chi connectivity index (χ1v) is 6.28. The number of rotatable bonds is 1. The van der Waals surface area contributed by atoms with Crippen molar-refractivity contribution >= 4 is 5.69 Å². The predicted octanol–water partition coefficient (Wildman–Crippen LogP) is 3.73. The molecule has 0 atom stereocenters. The molecule has 1 aliphatic heterocycles. The van der Waals surface area contributed by atoms with Crippen molar-refractivity contribution < 1.29 is 0 Å². The molecule has 1 aliphatic rings. The Morgan fingerprint density at radius 2 is 1.62 bits per heavy atom. The van der Waals surface area contributed by atoms with E-state index in [-0.39, 0.29) is 0 Å². The molecule has 0 fully saturated rings. The molecule has 1 aromatic carbocycles. The standard InChI is InChI=1S/C15H23N/c1-9(2)14-11(4)10(3)13-7-8-16(6)15(13)12(14)5/h9H,7-8H2,1-6H3. The lowest BCUT2D eigenvalue weighted by atomic mass is 9.86. The van der Waals surface area contributed by atoms with Crippen LogP contribution in [0.1, 0.15) is 47.6 Å². The molecular weight excluding hydrogens is 194 g/mol. The van der Waals surface area contributed by atoms with Crippen molar-refractivity contribution in [2.45, 2.75) is 47.0 Å². The van der Waals surface area contributed by atoms with Crippen LogP contribution in [0.5, 0.6) is 0 Å². The highest BCUT2D eigenvalue weighted by atomic mass is 15.1. The van der Waals surface area contributed by atoms with E-state index < -0.39 is 0 Å². The SMILES string of the molecule is Cc1c(C)c(C(C)C)c(C)c2c1CCN2C. The number of hydrogen-bond acceptors (Lipinski definition) is 1. The highest BCUT2D eigenvalue weighted by Gasteiger charge is 2.24. The van der Waals surface area contributed by atoms with Crippen molar-refractivity contribution in [2.24, 2.45) is 0 Å². The fourth-order valence-electron chi connectivity index (χ4n) is 3.32. The third-order valence-electron chi connectivity index (χ3n) is 4.12. The number of nitrogens with zero attached hydrogens (tertiary/aromatic N) is 1. The summed E-state index contributed by atoms with van der Waals surface area (Å²) < 4.78 is 0. The summed E-state index contributed by atoms with van der Waals surface area (Å²) in [5.74, 6) is 0.623. The summed E-state index contributed by atoms with van der Waals surface area (Å²) in [6, 6.07) is 0. The van der Waals surface area contributed by atoms with Gasteiger partial charge in [-0.15, -0.1) is 0 Å². The van der Waals surface area contributed by atoms with Crippen molar-refractivity contribution in [3.05, 3.63) is 27.8 Å². The highest BCUT2D eigenvalue weighted by Crippen LogP contribution is 2.39. The summed E-state index contributed by atoms with van der Waals surface area (Å²) in [5, 5.41) is 0. The Hall–Kier alpha value is -0.980. The van der Waals surface area contributed by atoms with E-state index in [0.717, 1.165) is 0 Å². The van der Waals surface area contributed by atoms with Gasteiger partial charge in [0.25, 0.3) is 0 Å². The fraction of sp³-hybridized carbons (Fsp3) is 0.600. The van der Waals surface area contributed by atoms with Crippen LogP contribution in [0.15, 0.2) is 0 Å². The topological polar surface area (TPSA) is 3.24 Å². The Bertz CT molecular complexity index is 426. The summed E-state index contributed by atoms with van der Waals surface area (Å²) in [7, 11) is 2.22. The van der Waals surface area contributed by atoms with Gasteiger partial charge in [-0.1, -0.05) is 13.8 Å². The first kappa shape index (κ1) is 11.5. The Morgan fingerprint density at radius 3 is 2.19 bits per heavy atom. The van der Waals surface area contributed by atoms with Gasteiger partial charge in [0.2, 0.25) is 0 Å². The Balaban J connectivity index is 2.76. The number of benzene rings is 1. The molecule has 16 heavy (non-hydrogen) atoms. The van der Waals surface area contributed by atoms with Crippen LogP contribution in [-0.4, -0.2) is 13.6 Å². The zero-order valence-corrected chi connectivity index (χ0v) is 11.4. The number of hydrogen-bond donors (Lipinski definition) is 0. The van der Waals surface area contributed by atoms with Gasteiger partial charge >= 0.3 is 0 Å². The van der Waals surface area contributed by atoms with E-state index in [1.165, 1.54) is 35.3 Å². The molecule has 0 saturated carbocycles. The molecule has 1 aromatic rings. The van der Waals surface area contributed by atoms with E-state index in [4.69, 9.17) is 0 Å². The van der Waals surface area contributed by atoms with E-state index in [0.29, 0.717) is 5.92 Å². The van der Waals surface area contributed by atoms with E-state index in [1.807, 2.05) is 0 Å². The molecule has 0 radical (unpaired) electrons. The summed E-state index contributed by atoms with van der Waals surface area (Å²) in [4.78, 5) is 2.42. The van der Waals surface area contributed by atoms with Crippen molar-refractivity contribution in [3.8, 4) is 0 Å². The first-order valence-electron chi connectivity index (χ1n) is 6.28. The largest absolute Gasteiger partial charge is 0.374 e. The minimum atomic E-state index is 0.623. The maximum absolute atomic E-state index is 2.42. The molecule has 0 bridgehead atoms. The summed E-state index contributed by atoms with van der Waals surface area (Å²) in [6.45, 7) is 12.7. The van der Waals surface area contributed by atoms with Crippen LogP contribution in [0.2, 0.25) is 0 Å². The zero-order valence-electron chi connectivity index (χ0n) is 11.4. The van der Waals surface area contributed by atoms with Gasteiger partial charge in [-0.3, -0.25) is 0 Å². The van der Waals surface area contributed by atoms with Gasteiger partial charge in [0.1, 0.15) is 0 Å². The van der Waals surface area contributed by atoms with Crippen LogP contribution >= 0.6 is 0 Å². The van der Waals surface area contributed by atoms with Gasteiger partial charge in [-0.25, -0.2) is 0 Å². The monoisotopic (exact) mass is 217 g/mol. The van der Waals surface area contributed by atoms with Gasteiger partial charge in [-0.05, 0) is 60.9 Å². The molecule has 0 N–H and O–H groups in total. The van der Waals surface area contributed by atoms with E-state index in [2.05, 4.69) is 46.6 Å². The number of likely N-dealkylation sites (N-methyl/N-ethyl adjacent to an activating group) is 1. The molecule has 0 spiro atoms. The molecule has 88 valence electrons. The second-order valence-electron chi connectivity index (χ2n) is 5.44. The number of anilines is 1. The smallest absolute Gasteiger partial charge is 0.0432 e. The molecule has 0 aromatic heterocycles. The van der Waals surface area contributed by atoms with Crippen LogP contribution in [-0.2, 0) is 6.42 Å². The molecule has 0 saturated heterocycles. The minimum Gasteiger partial charge on any atom is -0.374 e. The van der Waals surface area contributed by atoms with Gasteiger partial charge < -0.3 is 4.90 Å². The van der Waals surface area contributed by atoms with Crippen molar-refractivity contribution in [3.63, 3.8) is 0 Å². The second-order valence-corrected chi connectivity index (χ2v) is 5.44. The maximum Gasteiger partial charge on any atom is 0.0432 e. The van der Waals surface area contributed by atoms with Gasteiger partial charge in [-0.2, -0.15) is 0 Å². The molecule has 1 heterocycles. The summed E-state index contributed by atoms with van der Waals surface area (Å²) in [5.41, 5.74) is 9.20. The molecule has 0 amide bonds. The quantitative estimate of drug-likeness (QED) is 0.693. The molecular formula is C15H23N. The number of fused-ring (bicyclic) bond motifs is 1. The normalized spacial score (nSPS) is 14.8. The lowest BCUT2D eigenvalue weighted by Crippen LogP contribution is -2.14. The molecule has 1 heteroatoms. The van der Waals surface area contributed by atoms with Crippen LogP contribution < -0.4 is 4.90 Å². The van der Waals surface area contributed by atoms with Crippen LogP contribution in [0.25, 0.3) is 0 Å². The lowest BCUT2D eigenvalue weighted by molar-refractivity contribution is 0.841. The maximum atomic E-state index is 2.42. The lowest BCUT2D eigenvalue weighted by Gasteiger charge is -2.23. The molecule has 2 rings (SSSR count). The van der Waals surface area contributed by atoms with Gasteiger partial charge in [0.05, 0.1) is 0 Å².